The third-order valence-corrected chi connectivity index (χ3v) is 2.15. The lowest BCUT2D eigenvalue weighted by Gasteiger charge is -2.02. The predicted octanol–water partition coefficient (Wildman–Crippen LogP) is 1.24. The van der Waals surface area contributed by atoms with Crippen LogP contribution in [0.25, 0.3) is 0 Å². The highest BCUT2D eigenvalue weighted by molar-refractivity contribution is 5.15. The van der Waals surface area contributed by atoms with Crippen LogP contribution in [0, 0.1) is 5.82 Å². The van der Waals surface area contributed by atoms with Crippen molar-refractivity contribution in [1.82, 2.24) is 20.1 Å². The molecule has 2 aromatic rings. The lowest BCUT2D eigenvalue weighted by Crippen LogP contribution is -2.14. The first-order chi connectivity index (χ1) is 7.74. The van der Waals surface area contributed by atoms with E-state index in [1.807, 2.05) is 13.1 Å². The average Bonchev–Trinajstić information content (AvgIpc) is 2.64. The van der Waals surface area contributed by atoms with Crippen LogP contribution >= 0.6 is 0 Å². The molecule has 0 atom stereocenters. The normalized spacial score (nSPS) is 10.6. The van der Waals surface area contributed by atoms with E-state index in [1.54, 1.807) is 17.1 Å². The van der Waals surface area contributed by atoms with Gasteiger partial charge in [0.2, 0.25) is 0 Å². The summed E-state index contributed by atoms with van der Waals surface area (Å²) in [6, 6.07) is 6.52. The van der Waals surface area contributed by atoms with Gasteiger partial charge in [-0.05, 0) is 17.7 Å². The van der Waals surface area contributed by atoms with Gasteiger partial charge in [0.1, 0.15) is 12.1 Å². The minimum absolute atomic E-state index is 0.213. The Morgan fingerprint density at radius 3 is 2.94 bits per heavy atom. The Bertz CT molecular complexity index is 467. The van der Waals surface area contributed by atoms with Gasteiger partial charge in [0, 0.05) is 13.6 Å². The molecule has 5 heteroatoms. The van der Waals surface area contributed by atoms with Crippen LogP contribution in [0.3, 0.4) is 0 Å². The zero-order chi connectivity index (χ0) is 11.4. The van der Waals surface area contributed by atoms with Gasteiger partial charge < -0.3 is 5.32 Å². The minimum Gasteiger partial charge on any atom is -0.306 e. The number of benzene rings is 1. The van der Waals surface area contributed by atoms with Crippen LogP contribution < -0.4 is 5.32 Å². The summed E-state index contributed by atoms with van der Waals surface area (Å²) in [5.74, 6) is 0.522. The Morgan fingerprint density at radius 2 is 2.25 bits per heavy atom. The summed E-state index contributed by atoms with van der Waals surface area (Å²) in [5, 5.41) is 7.28. The zero-order valence-electron chi connectivity index (χ0n) is 9.02. The largest absolute Gasteiger partial charge is 0.306 e. The summed E-state index contributed by atoms with van der Waals surface area (Å²) in [5.41, 5.74) is 0.913. The number of rotatable bonds is 4. The van der Waals surface area contributed by atoms with Crippen molar-refractivity contribution in [1.29, 1.82) is 0 Å². The summed E-state index contributed by atoms with van der Waals surface area (Å²) in [6.07, 6.45) is 1.65. The minimum atomic E-state index is -0.213. The Morgan fingerprint density at radius 1 is 1.38 bits per heavy atom. The van der Waals surface area contributed by atoms with Gasteiger partial charge in [-0.15, -0.1) is 0 Å². The van der Waals surface area contributed by atoms with Crippen LogP contribution in [0.4, 0.5) is 4.39 Å². The average molecular weight is 220 g/mol. The van der Waals surface area contributed by atoms with Crippen LogP contribution in [0.2, 0.25) is 0 Å². The number of nitrogens with zero attached hydrogens (tertiary/aromatic N) is 3. The maximum atomic E-state index is 12.9. The Hall–Kier alpha value is -1.75. The zero-order valence-corrected chi connectivity index (χ0v) is 9.02. The number of aromatic nitrogens is 3. The Balaban J connectivity index is 1.84. The fraction of sp³-hybridized carbons (Fsp3) is 0.273. The molecule has 1 aromatic carbocycles. The van der Waals surface area contributed by atoms with Crippen molar-refractivity contribution in [2.24, 2.45) is 7.05 Å². The van der Waals surface area contributed by atoms with Gasteiger partial charge in [0.05, 0.1) is 6.54 Å². The van der Waals surface area contributed by atoms with Crippen molar-refractivity contribution in [3.63, 3.8) is 0 Å². The maximum Gasteiger partial charge on any atom is 0.164 e. The van der Waals surface area contributed by atoms with Gasteiger partial charge >= 0.3 is 0 Å². The Labute approximate surface area is 93.1 Å². The van der Waals surface area contributed by atoms with Gasteiger partial charge in [0.15, 0.2) is 5.82 Å². The highest BCUT2D eigenvalue weighted by Crippen LogP contribution is 2.02. The summed E-state index contributed by atoms with van der Waals surface area (Å²) in [6.45, 7) is 1.19. The van der Waals surface area contributed by atoms with E-state index < -0.39 is 0 Å². The summed E-state index contributed by atoms with van der Waals surface area (Å²) in [7, 11) is 1.82. The van der Waals surface area contributed by atoms with Gasteiger partial charge in [-0.3, -0.25) is 4.68 Å². The fourth-order valence-corrected chi connectivity index (χ4v) is 1.43. The van der Waals surface area contributed by atoms with E-state index in [0.717, 1.165) is 11.4 Å². The molecule has 4 nitrogen and oxygen atoms in total. The number of hydrogen-bond donors (Lipinski definition) is 1. The second kappa shape index (κ2) is 4.85. The second-order valence-corrected chi connectivity index (χ2v) is 3.57. The van der Waals surface area contributed by atoms with E-state index in [4.69, 9.17) is 0 Å². The van der Waals surface area contributed by atoms with Crippen molar-refractivity contribution in [2.75, 3.05) is 0 Å². The maximum absolute atomic E-state index is 12.9. The van der Waals surface area contributed by atoms with E-state index >= 15 is 0 Å². The molecular weight excluding hydrogens is 207 g/mol. The molecule has 0 bridgehead atoms. The molecule has 0 saturated carbocycles. The van der Waals surface area contributed by atoms with Gasteiger partial charge in [-0.25, -0.2) is 9.37 Å². The van der Waals surface area contributed by atoms with E-state index in [2.05, 4.69) is 15.4 Å². The number of aryl methyl sites for hydroxylation is 1. The second-order valence-electron chi connectivity index (χ2n) is 3.57. The molecule has 0 aliphatic heterocycles. The molecule has 0 amide bonds. The molecular formula is C11H13FN4. The van der Waals surface area contributed by atoms with Gasteiger partial charge in [0.25, 0.3) is 0 Å². The third kappa shape index (κ3) is 2.87. The topological polar surface area (TPSA) is 42.7 Å². The molecule has 84 valence electrons. The highest BCUT2D eigenvalue weighted by atomic mass is 19.1. The third-order valence-electron chi connectivity index (χ3n) is 2.15. The first-order valence-corrected chi connectivity index (χ1v) is 5.04. The summed E-state index contributed by atoms with van der Waals surface area (Å²) >= 11 is 0. The van der Waals surface area contributed by atoms with E-state index in [-0.39, 0.29) is 5.82 Å². The molecule has 1 heterocycles. The molecule has 1 N–H and O–H groups in total. The SMILES string of the molecule is Cn1cnc(CNCc2cccc(F)c2)n1. The van der Waals surface area contributed by atoms with Crippen molar-refractivity contribution in [3.05, 3.63) is 47.8 Å². The van der Waals surface area contributed by atoms with Crippen LogP contribution in [-0.2, 0) is 20.1 Å². The van der Waals surface area contributed by atoms with Gasteiger partial charge in [-0.1, -0.05) is 12.1 Å². The fourth-order valence-electron chi connectivity index (χ4n) is 1.43. The molecule has 0 spiro atoms. The molecule has 16 heavy (non-hydrogen) atoms. The molecule has 1 aromatic heterocycles. The molecule has 2 rings (SSSR count). The predicted molar refractivity (Wildman–Crippen MR) is 57.9 cm³/mol. The highest BCUT2D eigenvalue weighted by Gasteiger charge is 1.99. The van der Waals surface area contributed by atoms with Crippen LogP contribution in [0.15, 0.2) is 30.6 Å². The lowest BCUT2D eigenvalue weighted by atomic mass is 10.2. The molecule has 0 aliphatic rings. The number of halogens is 1. The van der Waals surface area contributed by atoms with Crippen molar-refractivity contribution in [2.45, 2.75) is 13.1 Å². The Kier molecular flexibility index (Phi) is 3.26. The molecule has 0 fully saturated rings. The van der Waals surface area contributed by atoms with E-state index in [1.165, 1.54) is 12.1 Å². The molecule has 0 radical (unpaired) electrons. The molecule has 0 saturated heterocycles. The summed E-state index contributed by atoms with van der Waals surface area (Å²) in [4.78, 5) is 4.08. The monoisotopic (exact) mass is 220 g/mol. The first-order valence-electron chi connectivity index (χ1n) is 5.04. The van der Waals surface area contributed by atoms with Crippen molar-refractivity contribution in [3.8, 4) is 0 Å². The van der Waals surface area contributed by atoms with Crippen LogP contribution in [0.1, 0.15) is 11.4 Å². The van der Waals surface area contributed by atoms with E-state index in [0.29, 0.717) is 13.1 Å². The number of nitrogens with one attached hydrogen (secondary N) is 1. The van der Waals surface area contributed by atoms with Crippen molar-refractivity contribution >= 4 is 0 Å². The van der Waals surface area contributed by atoms with Gasteiger partial charge in [-0.2, -0.15) is 5.10 Å². The van der Waals surface area contributed by atoms with Crippen LogP contribution in [0.5, 0.6) is 0 Å². The van der Waals surface area contributed by atoms with Crippen molar-refractivity contribution < 1.29 is 4.39 Å². The lowest BCUT2D eigenvalue weighted by molar-refractivity contribution is 0.616. The summed E-state index contributed by atoms with van der Waals surface area (Å²) < 4.78 is 14.5. The number of hydrogen-bond acceptors (Lipinski definition) is 3. The van der Waals surface area contributed by atoms with E-state index in [9.17, 15) is 4.39 Å². The molecule has 0 aliphatic carbocycles. The quantitative estimate of drug-likeness (QED) is 0.843. The smallest absolute Gasteiger partial charge is 0.164 e. The standard InChI is InChI=1S/C11H13FN4/c1-16-8-14-11(15-16)7-13-6-9-3-2-4-10(12)5-9/h2-5,8,13H,6-7H2,1H3. The molecule has 0 unspecified atom stereocenters. The van der Waals surface area contributed by atoms with Crippen LogP contribution in [-0.4, -0.2) is 14.8 Å². The first kappa shape index (κ1) is 10.8.